The second-order valence-electron chi connectivity index (χ2n) is 3.51. The van der Waals surface area contributed by atoms with Gasteiger partial charge in [0.05, 0.1) is 6.10 Å². The second kappa shape index (κ2) is 6.40. The molecule has 0 amide bonds. The first-order chi connectivity index (χ1) is 5.57. The van der Waals surface area contributed by atoms with E-state index in [4.69, 9.17) is 10.2 Å². The Hall–Kier alpha value is -0.120. The maximum Gasteiger partial charge on any atom is 0.0639 e. The number of hydrogen-bond donors (Lipinski definition) is 2. The molecule has 2 N–H and O–H groups in total. The summed E-state index contributed by atoms with van der Waals surface area (Å²) in [5.41, 5.74) is 0. The molecular weight excluding hydrogens is 154 g/mol. The Kier molecular flexibility index (Phi) is 6.34. The molecule has 12 heavy (non-hydrogen) atoms. The largest absolute Gasteiger partial charge is 0.396 e. The van der Waals surface area contributed by atoms with Crippen molar-refractivity contribution in [3.63, 3.8) is 0 Å². The van der Waals surface area contributed by atoms with Crippen molar-refractivity contribution in [2.24, 2.45) is 0 Å². The molecule has 0 fully saturated rings. The first-order valence-electron chi connectivity index (χ1n) is 4.61. The van der Waals surface area contributed by atoms with Crippen molar-refractivity contribution in [3.05, 3.63) is 0 Å². The van der Waals surface area contributed by atoms with Gasteiger partial charge in [0.15, 0.2) is 0 Å². The maximum absolute atomic E-state index is 9.17. The summed E-state index contributed by atoms with van der Waals surface area (Å²) in [7, 11) is 0. The fourth-order valence-electron chi connectivity index (χ4n) is 1.17. The van der Waals surface area contributed by atoms with Gasteiger partial charge in [0, 0.05) is 25.7 Å². The summed E-state index contributed by atoms with van der Waals surface area (Å²) < 4.78 is 0. The van der Waals surface area contributed by atoms with Crippen LogP contribution in [0.5, 0.6) is 0 Å². The molecule has 74 valence electrons. The summed E-state index contributed by atoms with van der Waals surface area (Å²) in [4.78, 5) is 2.17. The number of rotatable bonds is 6. The lowest BCUT2D eigenvalue weighted by molar-refractivity contribution is 0.102. The lowest BCUT2D eigenvalue weighted by atomic mass is 10.2. The summed E-state index contributed by atoms with van der Waals surface area (Å²) >= 11 is 0. The lowest BCUT2D eigenvalue weighted by Crippen LogP contribution is -2.37. The van der Waals surface area contributed by atoms with Gasteiger partial charge in [-0.2, -0.15) is 0 Å². The number of nitrogens with zero attached hydrogens (tertiary/aromatic N) is 1. The number of aliphatic hydroxyl groups excluding tert-OH is 2. The Morgan fingerprint density at radius 1 is 1.25 bits per heavy atom. The minimum atomic E-state index is -0.286. The smallest absolute Gasteiger partial charge is 0.0639 e. The van der Waals surface area contributed by atoms with Crippen LogP contribution >= 0.6 is 0 Å². The van der Waals surface area contributed by atoms with E-state index >= 15 is 0 Å². The van der Waals surface area contributed by atoms with Crippen LogP contribution in [0, 0.1) is 0 Å². The molecule has 0 saturated heterocycles. The quantitative estimate of drug-likeness (QED) is 0.616. The maximum atomic E-state index is 9.17. The van der Waals surface area contributed by atoms with Gasteiger partial charge in [0.25, 0.3) is 0 Å². The zero-order chi connectivity index (χ0) is 9.56. The average Bonchev–Trinajstić information content (AvgIpc) is 1.96. The third kappa shape index (κ3) is 5.52. The fourth-order valence-corrected chi connectivity index (χ4v) is 1.17. The van der Waals surface area contributed by atoms with E-state index in [1.54, 1.807) is 6.92 Å². The summed E-state index contributed by atoms with van der Waals surface area (Å²) in [6.07, 6.45) is 0.497. The predicted molar refractivity (Wildman–Crippen MR) is 50.1 cm³/mol. The Morgan fingerprint density at radius 3 is 2.17 bits per heavy atom. The highest BCUT2D eigenvalue weighted by Gasteiger charge is 2.10. The highest BCUT2D eigenvalue weighted by atomic mass is 16.3. The molecular formula is C9H21NO2. The van der Waals surface area contributed by atoms with Gasteiger partial charge in [-0.15, -0.1) is 0 Å². The minimum absolute atomic E-state index is 0.225. The van der Waals surface area contributed by atoms with Crippen molar-refractivity contribution < 1.29 is 10.2 Å². The average molecular weight is 175 g/mol. The molecule has 0 aromatic rings. The van der Waals surface area contributed by atoms with E-state index in [1.807, 2.05) is 0 Å². The van der Waals surface area contributed by atoms with Gasteiger partial charge in [-0.1, -0.05) is 0 Å². The Labute approximate surface area is 75.0 Å². The number of aliphatic hydroxyl groups is 2. The van der Waals surface area contributed by atoms with Crippen LogP contribution in [0.1, 0.15) is 27.2 Å². The zero-order valence-electron chi connectivity index (χ0n) is 8.32. The van der Waals surface area contributed by atoms with E-state index in [9.17, 15) is 0 Å². The zero-order valence-corrected chi connectivity index (χ0v) is 8.32. The van der Waals surface area contributed by atoms with Crippen LogP contribution in [0.25, 0.3) is 0 Å². The van der Waals surface area contributed by atoms with Crippen LogP contribution in [0.4, 0.5) is 0 Å². The van der Waals surface area contributed by atoms with Crippen molar-refractivity contribution in [2.45, 2.75) is 39.3 Å². The molecule has 0 saturated carbocycles. The summed E-state index contributed by atoms with van der Waals surface area (Å²) in [5, 5.41) is 17.8. The highest BCUT2D eigenvalue weighted by Crippen LogP contribution is 2.00. The van der Waals surface area contributed by atoms with Gasteiger partial charge < -0.3 is 10.2 Å². The SMILES string of the molecule is CC(O)CN(CCCO)C(C)C. The third-order valence-corrected chi connectivity index (χ3v) is 1.83. The molecule has 3 heteroatoms. The Morgan fingerprint density at radius 2 is 1.83 bits per heavy atom. The first kappa shape index (κ1) is 11.9. The monoisotopic (exact) mass is 175 g/mol. The second-order valence-corrected chi connectivity index (χ2v) is 3.51. The van der Waals surface area contributed by atoms with Gasteiger partial charge in [-0.3, -0.25) is 4.90 Å². The van der Waals surface area contributed by atoms with Crippen LogP contribution in [0.3, 0.4) is 0 Å². The molecule has 0 aromatic heterocycles. The molecule has 0 aliphatic rings. The van der Waals surface area contributed by atoms with Crippen LogP contribution in [-0.2, 0) is 0 Å². The van der Waals surface area contributed by atoms with Gasteiger partial charge in [0.2, 0.25) is 0 Å². The van der Waals surface area contributed by atoms with Crippen molar-refractivity contribution in [3.8, 4) is 0 Å². The summed E-state index contributed by atoms with van der Waals surface area (Å²) in [5.74, 6) is 0. The van der Waals surface area contributed by atoms with Crippen LogP contribution in [-0.4, -0.2) is 47.0 Å². The van der Waals surface area contributed by atoms with Crippen molar-refractivity contribution in [1.29, 1.82) is 0 Å². The van der Waals surface area contributed by atoms with Gasteiger partial charge in [0.1, 0.15) is 0 Å². The van der Waals surface area contributed by atoms with Crippen molar-refractivity contribution in [1.82, 2.24) is 4.90 Å². The third-order valence-electron chi connectivity index (χ3n) is 1.83. The minimum Gasteiger partial charge on any atom is -0.396 e. The van der Waals surface area contributed by atoms with Gasteiger partial charge >= 0.3 is 0 Å². The molecule has 0 spiro atoms. The van der Waals surface area contributed by atoms with E-state index in [-0.39, 0.29) is 12.7 Å². The lowest BCUT2D eigenvalue weighted by Gasteiger charge is -2.27. The first-order valence-corrected chi connectivity index (χ1v) is 4.61. The molecule has 1 atom stereocenters. The van der Waals surface area contributed by atoms with Crippen LogP contribution < -0.4 is 0 Å². The molecule has 0 bridgehead atoms. The summed E-state index contributed by atoms with van der Waals surface area (Å²) in [6, 6.07) is 0.436. The Bertz CT molecular complexity index is 105. The topological polar surface area (TPSA) is 43.7 Å². The van der Waals surface area contributed by atoms with Gasteiger partial charge in [-0.05, 0) is 27.2 Å². The standard InChI is InChI=1S/C9H21NO2/c1-8(2)10(5-4-6-11)7-9(3)12/h8-9,11-12H,4-7H2,1-3H3. The molecule has 0 aliphatic carbocycles. The normalized spacial score (nSPS) is 14.2. The van der Waals surface area contributed by atoms with Crippen LogP contribution in [0.15, 0.2) is 0 Å². The molecule has 0 rings (SSSR count). The van der Waals surface area contributed by atoms with E-state index in [0.29, 0.717) is 12.6 Å². The molecule has 0 radical (unpaired) electrons. The fraction of sp³-hybridized carbons (Fsp3) is 1.00. The van der Waals surface area contributed by atoms with E-state index in [1.165, 1.54) is 0 Å². The molecule has 3 nitrogen and oxygen atoms in total. The molecule has 0 aromatic carbocycles. The van der Waals surface area contributed by atoms with E-state index in [0.717, 1.165) is 13.0 Å². The molecule has 0 aliphatic heterocycles. The van der Waals surface area contributed by atoms with Crippen LogP contribution in [0.2, 0.25) is 0 Å². The molecule has 1 unspecified atom stereocenters. The van der Waals surface area contributed by atoms with Crippen molar-refractivity contribution >= 4 is 0 Å². The van der Waals surface area contributed by atoms with Gasteiger partial charge in [-0.25, -0.2) is 0 Å². The highest BCUT2D eigenvalue weighted by molar-refractivity contribution is 4.65. The summed E-state index contributed by atoms with van der Waals surface area (Å²) in [6.45, 7) is 7.76. The number of hydrogen-bond acceptors (Lipinski definition) is 3. The van der Waals surface area contributed by atoms with E-state index < -0.39 is 0 Å². The molecule has 0 heterocycles. The Balaban J connectivity index is 3.70. The predicted octanol–water partition coefficient (Wildman–Crippen LogP) is 0.460. The van der Waals surface area contributed by atoms with E-state index in [2.05, 4.69) is 18.7 Å². The van der Waals surface area contributed by atoms with Crippen molar-refractivity contribution in [2.75, 3.05) is 19.7 Å².